The van der Waals surface area contributed by atoms with Crippen LogP contribution in [0, 0.1) is 23.2 Å². The van der Waals surface area contributed by atoms with E-state index >= 15 is 0 Å². The molecule has 3 aromatic rings. The lowest BCUT2D eigenvalue weighted by Gasteiger charge is -2.42. The molecular formula is C28H29N3O4. The molecule has 0 bridgehead atoms. The van der Waals surface area contributed by atoms with Gasteiger partial charge < -0.3 is 24.6 Å². The third-order valence-electron chi connectivity index (χ3n) is 7.61. The molecule has 7 heteroatoms. The number of nitriles is 1. The van der Waals surface area contributed by atoms with Crippen LogP contribution in [-0.4, -0.2) is 54.5 Å². The Morgan fingerprint density at radius 3 is 2.43 bits per heavy atom. The fraction of sp³-hybridized carbons (Fsp3) is 0.357. The SMILES string of the molecule is COc1cncc2c1[C@]1(O)[C@@H](CN(C)C)[C@H](CO)[C@@H](c3ccccc3)C1(c1ccc(C#N)cc1)O2. The number of nitrogens with zero attached hydrogens (tertiary/aromatic N) is 3. The molecule has 1 fully saturated rings. The summed E-state index contributed by atoms with van der Waals surface area (Å²) in [4.78, 5) is 6.32. The van der Waals surface area contributed by atoms with E-state index in [2.05, 4.69) is 11.1 Å². The maximum absolute atomic E-state index is 13.0. The Morgan fingerprint density at radius 2 is 1.83 bits per heavy atom. The molecule has 1 aliphatic heterocycles. The van der Waals surface area contributed by atoms with Crippen molar-refractivity contribution in [2.45, 2.75) is 17.1 Å². The zero-order valence-electron chi connectivity index (χ0n) is 20.0. The predicted molar refractivity (Wildman–Crippen MR) is 130 cm³/mol. The minimum Gasteiger partial charge on any atom is -0.495 e. The fourth-order valence-electron chi connectivity index (χ4n) is 6.36. The molecular weight excluding hydrogens is 442 g/mol. The first-order chi connectivity index (χ1) is 16.9. The zero-order chi connectivity index (χ0) is 24.8. The van der Waals surface area contributed by atoms with E-state index < -0.39 is 23.0 Å². The second-order valence-electron chi connectivity index (χ2n) is 9.61. The van der Waals surface area contributed by atoms with Crippen molar-refractivity contribution in [1.29, 1.82) is 5.26 Å². The van der Waals surface area contributed by atoms with Gasteiger partial charge in [-0.15, -0.1) is 0 Å². The molecule has 1 aliphatic carbocycles. The molecule has 2 aliphatic rings. The summed E-state index contributed by atoms with van der Waals surface area (Å²) in [6, 6.07) is 19.2. The van der Waals surface area contributed by atoms with Crippen LogP contribution in [0.15, 0.2) is 67.0 Å². The Balaban J connectivity index is 1.88. The molecule has 0 saturated heterocycles. The van der Waals surface area contributed by atoms with E-state index in [1.165, 1.54) is 0 Å². The molecule has 0 spiro atoms. The summed E-state index contributed by atoms with van der Waals surface area (Å²) in [6.45, 7) is 0.377. The first-order valence-corrected chi connectivity index (χ1v) is 11.7. The van der Waals surface area contributed by atoms with E-state index in [1.54, 1.807) is 31.6 Å². The Hall–Kier alpha value is -3.44. The first kappa shape index (κ1) is 23.3. The number of ether oxygens (including phenoxy) is 2. The van der Waals surface area contributed by atoms with Gasteiger partial charge in [-0.3, -0.25) is 4.98 Å². The van der Waals surface area contributed by atoms with E-state index in [0.717, 1.165) is 11.1 Å². The maximum atomic E-state index is 13.0. The lowest BCUT2D eigenvalue weighted by atomic mass is 9.69. The fourth-order valence-corrected chi connectivity index (χ4v) is 6.36. The second kappa shape index (κ2) is 8.65. The molecule has 0 radical (unpaired) electrons. The summed E-state index contributed by atoms with van der Waals surface area (Å²) < 4.78 is 12.5. The zero-order valence-corrected chi connectivity index (χ0v) is 20.0. The first-order valence-electron chi connectivity index (χ1n) is 11.7. The van der Waals surface area contributed by atoms with Gasteiger partial charge in [-0.05, 0) is 37.4 Å². The highest BCUT2D eigenvalue weighted by Crippen LogP contribution is 2.71. The van der Waals surface area contributed by atoms with Crippen molar-refractivity contribution in [3.8, 4) is 17.6 Å². The highest BCUT2D eigenvalue weighted by atomic mass is 16.5. The van der Waals surface area contributed by atoms with Crippen LogP contribution in [0.5, 0.6) is 11.5 Å². The van der Waals surface area contributed by atoms with Gasteiger partial charge in [-0.1, -0.05) is 42.5 Å². The van der Waals surface area contributed by atoms with E-state index in [-0.39, 0.29) is 12.5 Å². The van der Waals surface area contributed by atoms with Crippen LogP contribution in [-0.2, 0) is 11.2 Å². The van der Waals surface area contributed by atoms with Gasteiger partial charge in [0.25, 0.3) is 0 Å². The monoisotopic (exact) mass is 471 g/mol. The van der Waals surface area contributed by atoms with Gasteiger partial charge in [0, 0.05) is 30.9 Å². The van der Waals surface area contributed by atoms with E-state index in [4.69, 9.17) is 9.47 Å². The molecule has 5 atom stereocenters. The van der Waals surface area contributed by atoms with Gasteiger partial charge in [0.2, 0.25) is 0 Å². The minimum absolute atomic E-state index is 0.134. The number of benzene rings is 2. The summed E-state index contributed by atoms with van der Waals surface area (Å²) in [5.41, 5.74) is -0.0941. The van der Waals surface area contributed by atoms with Crippen molar-refractivity contribution < 1.29 is 19.7 Å². The van der Waals surface area contributed by atoms with Crippen LogP contribution >= 0.6 is 0 Å². The molecule has 5 rings (SSSR count). The number of methoxy groups -OCH3 is 1. The Bertz CT molecular complexity index is 1260. The molecule has 1 saturated carbocycles. The van der Waals surface area contributed by atoms with E-state index in [9.17, 15) is 15.5 Å². The van der Waals surface area contributed by atoms with Gasteiger partial charge in [-0.2, -0.15) is 5.26 Å². The third kappa shape index (κ3) is 3.18. The molecule has 35 heavy (non-hydrogen) atoms. The van der Waals surface area contributed by atoms with Crippen molar-refractivity contribution in [1.82, 2.24) is 9.88 Å². The quantitative estimate of drug-likeness (QED) is 0.570. The van der Waals surface area contributed by atoms with Crippen molar-refractivity contribution >= 4 is 0 Å². The van der Waals surface area contributed by atoms with Crippen molar-refractivity contribution in [3.63, 3.8) is 0 Å². The Morgan fingerprint density at radius 1 is 1.11 bits per heavy atom. The topological polar surface area (TPSA) is 98.8 Å². The Labute approximate surface area is 205 Å². The van der Waals surface area contributed by atoms with Crippen LogP contribution in [0.2, 0.25) is 0 Å². The number of rotatable bonds is 6. The van der Waals surface area contributed by atoms with Crippen LogP contribution < -0.4 is 9.47 Å². The summed E-state index contributed by atoms with van der Waals surface area (Å²) in [5.74, 6) is -0.229. The average molecular weight is 472 g/mol. The molecule has 1 aromatic heterocycles. The highest BCUT2D eigenvalue weighted by molar-refractivity contribution is 5.59. The largest absolute Gasteiger partial charge is 0.495 e. The number of fused-ring (bicyclic) bond motifs is 3. The van der Waals surface area contributed by atoms with E-state index in [0.29, 0.717) is 29.2 Å². The normalized spacial score (nSPS) is 28.8. The lowest BCUT2D eigenvalue weighted by Crippen LogP contribution is -2.52. The van der Waals surface area contributed by atoms with Gasteiger partial charge in [0.15, 0.2) is 5.60 Å². The van der Waals surface area contributed by atoms with Gasteiger partial charge in [0.1, 0.15) is 17.1 Å². The second-order valence-corrected chi connectivity index (χ2v) is 9.61. The molecule has 180 valence electrons. The van der Waals surface area contributed by atoms with E-state index in [1.807, 2.05) is 61.5 Å². The number of pyridine rings is 1. The molecule has 0 amide bonds. The molecule has 7 nitrogen and oxygen atoms in total. The predicted octanol–water partition coefficient (Wildman–Crippen LogP) is 3.02. The van der Waals surface area contributed by atoms with Gasteiger partial charge >= 0.3 is 0 Å². The number of hydrogen-bond acceptors (Lipinski definition) is 7. The average Bonchev–Trinajstić information content (AvgIpc) is 3.27. The van der Waals surface area contributed by atoms with Crippen LogP contribution in [0.1, 0.15) is 28.2 Å². The lowest BCUT2D eigenvalue weighted by molar-refractivity contribution is -0.131. The maximum Gasteiger partial charge on any atom is 0.174 e. The molecule has 1 unspecified atom stereocenters. The van der Waals surface area contributed by atoms with Gasteiger partial charge in [0.05, 0.1) is 36.7 Å². The molecule has 2 aromatic carbocycles. The number of aliphatic hydroxyl groups is 2. The molecule has 2 N–H and O–H groups in total. The standard InChI is InChI=1S/C28H29N3O4/c1-31(2)16-22-21(17-32)25(19-7-5-4-6-8-19)28(20-11-9-18(13-29)10-12-20)27(22,33)26-23(34-3)14-30-15-24(26)35-28/h4-12,14-15,21-22,25,32-33H,16-17H2,1-3H3/t21-,22-,25+,27+,28?/m0/s1. The minimum atomic E-state index is -1.55. The van der Waals surface area contributed by atoms with Crippen molar-refractivity contribution in [2.75, 3.05) is 34.4 Å². The number of hydrogen-bond donors (Lipinski definition) is 2. The number of aromatic nitrogens is 1. The third-order valence-corrected chi connectivity index (χ3v) is 7.61. The summed E-state index contributed by atoms with van der Waals surface area (Å²) in [5, 5.41) is 33.2. The van der Waals surface area contributed by atoms with Crippen LogP contribution in [0.4, 0.5) is 0 Å². The smallest absolute Gasteiger partial charge is 0.174 e. The summed E-state index contributed by atoms with van der Waals surface area (Å²) in [7, 11) is 5.46. The van der Waals surface area contributed by atoms with Crippen LogP contribution in [0.25, 0.3) is 0 Å². The highest BCUT2D eigenvalue weighted by Gasteiger charge is 2.76. The Kier molecular flexibility index (Phi) is 5.76. The summed E-state index contributed by atoms with van der Waals surface area (Å²) in [6.07, 6.45) is 3.20. The van der Waals surface area contributed by atoms with Crippen molar-refractivity contribution in [3.05, 3.63) is 89.2 Å². The molecule has 2 heterocycles. The number of aliphatic hydroxyl groups excluding tert-OH is 1. The van der Waals surface area contributed by atoms with Gasteiger partial charge in [-0.25, -0.2) is 0 Å². The van der Waals surface area contributed by atoms with Crippen molar-refractivity contribution in [2.24, 2.45) is 11.8 Å². The summed E-state index contributed by atoms with van der Waals surface area (Å²) >= 11 is 0. The van der Waals surface area contributed by atoms with Crippen LogP contribution in [0.3, 0.4) is 0 Å².